The van der Waals surface area contributed by atoms with Gasteiger partial charge in [0.2, 0.25) is 5.91 Å². The molecule has 130 valence electrons. The zero-order valence-electron chi connectivity index (χ0n) is 14.2. The number of amides is 1. The molecule has 0 unspecified atom stereocenters. The van der Waals surface area contributed by atoms with Crippen LogP contribution in [0.1, 0.15) is 44.1 Å². The van der Waals surface area contributed by atoms with Crippen LogP contribution in [0.25, 0.3) is 0 Å². The highest BCUT2D eigenvalue weighted by Crippen LogP contribution is 2.44. The average Bonchev–Trinajstić information content (AvgIpc) is 2.97. The Morgan fingerprint density at radius 2 is 1.87 bits per heavy atom. The molecule has 23 heavy (non-hydrogen) atoms. The van der Waals surface area contributed by atoms with Crippen molar-refractivity contribution in [2.45, 2.75) is 55.1 Å². The molecule has 1 amide bonds. The van der Waals surface area contributed by atoms with Gasteiger partial charge in [0.15, 0.2) is 0 Å². The quantitative estimate of drug-likeness (QED) is 0.693. The third-order valence-corrected chi connectivity index (χ3v) is 5.80. The largest absolute Gasteiger partial charge is 0.355 e. The minimum Gasteiger partial charge on any atom is -0.355 e. The van der Waals surface area contributed by atoms with Gasteiger partial charge in [-0.25, -0.2) is 0 Å². The van der Waals surface area contributed by atoms with E-state index in [0.29, 0.717) is 6.42 Å². The summed E-state index contributed by atoms with van der Waals surface area (Å²) in [6, 6.07) is 8.74. The summed E-state index contributed by atoms with van der Waals surface area (Å²) in [5.41, 5.74) is 1.29. The standard InChI is InChI=1S/C18H28N2OS.ClH/c1-15-7-9-16(10-8-15)22-18(11-3-4-12-18)14-20-17(21)6-5-13-19-2;/h7-10,19H,3-6,11-14H2,1-2H3,(H,20,21);1H. The summed E-state index contributed by atoms with van der Waals surface area (Å²) in [5.74, 6) is 0.186. The van der Waals surface area contributed by atoms with Crippen molar-refractivity contribution in [3.8, 4) is 0 Å². The van der Waals surface area contributed by atoms with Crippen molar-refractivity contribution in [3.63, 3.8) is 0 Å². The number of hydrogen-bond donors (Lipinski definition) is 2. The second-order valence-electron chi connectivity index (χ2n) is 6.29. The zero-order chi connectivity index (χ0) is 15.8. The molecule has 0 saturated heterocycles. The van der Waals surface area contributed by atoms with E-state index in [9.17, 15) is 4.79 Å². The molecule has 2 N–H and O–H groups in total. The maximum Gasteiger partial charge on any atom is 0.220 e. The van der Waals surface area contributed by atoms with Crippen LogP contribution < -0.4 is 10.6 Å². The molecule has 1 aromatic carbocycles. The number of halogens is 1. The Bertz CT molecular complexity index is 472. The van der Waals surface area contributed by atoms with Crippen LogP contribution in [-0.4, -0.2) is 30.8 Å². The van der Waals surface area contributed by atoms with Gasteiger partial charge in [0.25, 0.3) is 0 Å². The molecular weight excluding hydrogens is 328 g/mol. The van der Waals surface area contributed by atoms with Crippen LogP contribution in [0.5, 0.6) is 0 Å². The second-order valence-corrected chi connectivity index (χ2v) is 7.83. The number of hydrogen-bond acceptors (Lipinski definition) is 3. The van der Waals surface area contributed by atoms with E-state index in [0.717, 1.165) is 19.5 Å². The van der Waals surface area contributed by atoms with Crippen molar-refractivity contribution in [1.29, 1.82) is 0 Å². The Labute approximate surface area is 150 Å². The van der Waals surface area contributed by atoms with Crippen molar-refractivity contribution in [3.05, 3.63) is 29.8 Å². The minimum absolute atomic E-state index is 0. The lowest BCUT2D eigenvalue weighted by Gasteiger charge is -2.29. The van der Waals surface area contributed by atoms with E-state index in [1.807, 2.05) is 18.8 Å². The van der Waals surface area contributed by atoms with Crippen LogP contribution in [0.4, 0.5) is 0 Å². The Morgan fingerprint density at radius 3 is 2.48 bits per heavy atom. The SMILES string of the molecule is CNCCCC(=O)NCC1(Sc2ccc(C)cc2)CCCC1.Cl. The van der Waals surface area contributed by atoms with E-state index in [-0.39, 0.29) is 23.1 Å². The smallest absolute Gasteiger partial charge is 0.220 e. The fourth-order valence-corrected chi connectivity index (χ4v) is 4.37. The molecule has 0 bridgehead atoms. The third kappa shape index (κ3) is 6.74. The molecule has 0 atom stereocenters. The molecule has 1 aromatic rings. The number of aryl methyl sites for hydroxylation is 1. The lowest BCUT2D eigenvalue weighted by molar-refractivity contribution is -0.121. The Kier molecular flexibility index (Phi) is 9.03. The molecule has 1 saturated carbocycles. The highest BCUT2D eigenvalue weighted by Gasteiger charge is 2.35. The van der Waals surface area contributed by atoms with Gasteiger partial charge in [0, 0.05) is 22.6 Å². The van der Waals surface area contributed by atoms with Crippen LogP contribution in [0.2, 0.25) is 0 Å². The van der Waals surface area contributed by atoms with E-state index in [4.69, 9.17) is 0 Å². The van der Waals surface area contributed by atoms with Gasteiger partial charge >= 0.3 is 0 Å². The fourth-order valence-electron chi connectivity index (χ4n) is 2.96. The van der Waals surface area contributed by atoms with Crippen molar-refractivity contribution >= 4 is 30.1 Å². The van der Waals surface area contributed by atoms with Gasteiger partial charge in [-0.05, 0) is 51.9 Å². The molecule has 0 spiro atoms. The normalized spacial score (nSPS) is 15.9. The van der Waals surface area contributed by atoms with Gasteiger partial charge in [0.1, 0.15) is 0 Å². The molecule has 1 aliphatic rings. The summed E-state index contributed by atoms with van der Waals surface area (Å²) in [7, 11) is 1.92. The number of nitrogens with one attached hydrogen (secondary N) is 2. The lowest BCUT2D eigenvalue weighted by atomic mass is 10.1. The predicted octanol–water partition coefficient (Wildman–Crippen LogP) is 3.94. The van der Waals surface area contributed by atoms with E-state index in [1.165, 1.54) is 36.1 Å². The molecular formula is C18H29ClN2OS. The fraction of sp³-hybridized carbons (Fsp3) is 0.611. The summed E-state index contributed by atoms with van der Waals surface area (Å²) in [5, 5.41) is 6.25. The van der Waals surface area contributed by atoms with Crippen molar-refractivity contribution in [2.24, 2.45) is 0 Å². The zero-order valence-corrected chi connectivity index (χ0v) is 15.8. The van der Waals surface area contributed by atoms with Gasteiger partial charge in [-0.1, -0.05) is 30.5 Å². The van der Waals surface area contributed by atoms with Crippen molar-refractivity contribution in [2.75, 3.05) is 20.1 Å². The highest BCUT2D eigenvalue weighted by molar-refractivity contribution is 8.00. The summed E-state index contributed by atoms with van der Waals surface area (Å²) >= 11 is 1.95. The molecule has 1 aliphatic carbocycles. The molecule has 2 rings (SSSR count). The Hall–Kier alpha value is -0.710. The monoisotopic (exact) mass is 356 g/mol. The first kappa shape index (κ1) is 20.3. The van der Waals surface area contributed by atoms with Crippen molar-refractivity contribution in [1.82, 2.24) is 10.6 Å². The Balaban J connectivity index is 0.00000264. The van der Waals surface area contributed by atoms with Crippen molar-refractivity contribution < 1.29 is 4.79 Å². The number of carbonyl (C=O) groups is 1. The first-order valence-electron chi connectivity index (χ1n) is 8.31. The van der Waals surface area contributed by atoms with E-state index in [1.54, 1.807) is 0 Å². The summed E-state index contributed by atoms with van der Waals surface area (Å²) in [4.78, 5) is 13.3. The molecule has 0 aromatic heterocycles. The van der Waals surface area contributed by atoms with Gasteiger partial charge < -0.3 is 10.6 Å². The van der Waals surface area contributed by atoms with E-state index in [2.05, 4.69) is 41.8 Å². The summed E-state index contributed by atoms with van der Waals surface area (Å²) in [6.07, 6.45) is 6.46. The first-order chi connectivity index (χ1) is 10.6. The molecule has 1 fully saturated rings. The van der Waals surface area contributed by atoms with Crippen LogP contribution in [0.3, 0.4) is 0 Å². The lowest BCUT2D eigenvalue weighted by Crippen LogP contribution is -2.38. The Morgan fingerprint density at radius 1 is 1.22 bits per heavy atom. The molecule has 0 radical (unpaired) electrons. The van der Waals surface area contributed by atoms with Crippen LogP contribution in [-0.2, 0) is 4.79 Å². The first-order valence-corrected chi connectivity index (χ1v) is 9.12. The summed E-state index contributed by atoms with van der Waals surface area (Å²) < 4.78 is 0.188. The van der Waals surface area contributed by atoms with Crippen LogP contribution in [0.15, 0.2) is 29.2 Å². The number of benzene rings is 1. The summed E-state index contributed by atoms with van der Waals surface area (Å²) in [6.45, 7) is 3.81. The van der Waals surface area contributed by atoms with Gasteiger partial charge in [-0.2, -0.15) is 0 Å². The van der Waals surface area contributed by atoms with Crippen LogP contribution in [0, 0.1) is 6.92 Å². The van der Waals surface area contributed by atoms with Gasteiger partial charge in [0.05, 0.1) is 0 Å². The number of rotatable bonds is 8. The van der Waals surface area contributed by atoms with Gasteiger partial charge in [-0.15, -0.1) is 24.2 Å². The maximum atomic E-state index is 12.0. The molecule has 0 aliphatic heterocycles. The maximum absolute atomic E-state index is 12.0. The second kappa shape index (κ2) is 10.2. The van der Waals surface area contributed by atoms with Crippen LogP contribution >= 0.6 is 24.2 Å². The minimum atomic E-state index is 0. The molecule has 3 nitrogen and oxygen atoms in total. The molecule has 5 heteroatoms. The average molecular weight is 357 g/mol. The third-order valence-electron chi connectivity index (χ3n) is 4.31. The number of thioether (sulfide) groups is 1. The number of carbonyl (C=O) groups excluding carboxylic acids is 1. The molecule has 0 heterocycles. The van der Waals surface area contributed by atoms with Gasteiger partial charge in [-0.3, -0.25) is 4.79 Å². The predicted molar refractivity (Wildman–Crippen MR) is 102 cm³/mol. The topological polar surface area (TPSA) is 41.1 Å². The van der Waals surface area contributed by atoms with E-state index < -0.39 is 0 Å². The highest BCUT2D eigenvalue weighted by atomic mass is 35.5. The van der Waals surface area contributed by atoms with E-state index >= 15 is 0 Å².